The van der Waals surface area contributed by atoms with Gasteiger partial charge >= 0.3 is 0 Å². The molecular weight excluding hydrogens is 448 g/mol. The van der Waals surface area contributed by atoms with Crippen molar-refractivity contribution in [3.63, 3.8) is 0 Å². The Balaban J connectivity index is 1.34. The lowest BCUT2D eigenvalue weighted by Gasteiger charge is -2.39. The number of hydrogen-bond acceptors (Lipinski definition) is 4. The first kappa shape index (κ1) is 22.4. The second-order valence-electron chi connectivity index (χ2n) is 9.55. The maximum absolute atomic E-state index is 14.0. The predicted octanol–water partition coefficient (Wildman–Crippen LogP) is 2.40. The SMILES string of the molecule is NC(CC(=O)N1Cc2ccccc2CC12CC2NS(=O)(=O)C1CC1)Cc1cc(F)ccc1F. The summed E-state index contributed by atoms with van der Waals surface area (Å²) in [5.41, 5.74) is 7.83. The largest absolute Gasteiger partial charge is 0.331 e. The Morgan fingerprint density at radius 2 is 1.91 bits per heavy atom. The van der Waals surface area contributed by atoms with Crippen LogP contribution in [0.4, 0.5) is 8.78 Å². The van der Waals surface area contributed by atoms with Gasteiger partial charge in [-0.25, -0.2) is 21.9 Å². The van der Waals surface area contributed by atoms with Crippen LogP contribution in [0, 0.1) is 11.6 Å². The Labute approximate surface area is 192 Å². The lowest BCUT2D eigenvalue weighted by Crippen LogP contribution is -2.52. The summed E-state index contributed by atoms with van der Waals surface area (Å²) in [6.07, 6.45) is 2.46. The maximum Gasteiger partial charge on any atom is 0.224 e. The number of nitrogens with one attached hydrogen (secondary N) is 1. The van der Waals surface area contributed by atoms with Crippen LogP contribution in [-0.2, 0) is 34.2 Å². The number of nitrogens with zero attached hydrogens (tertiary/aromatic N) is 1. The van der Waals surface area contributed by atoms with Crippen LogP contribution in [0.2, 0.25) is 0 Å². The summed E-state index contributed by atoms with van der Waals surface area (Å²) in [7, 11) is -3.39. The summed E-state index contributed by atoms with van der Waals surface area (Å²) in [5.74, 6) is -1.32. The van der Waals surface area contributed by atoms with Gasteiger partial charge in [0.25, 0.3) is 0 Å². The predicted molar refractivity (Wildman–Crippen MR) is 120 cm³/mol. The number of hydrogen-bond donors (Lipinski definition) is 2. The molecule has 3 atom stereocenters. The molecule has 3 unspecified atom stereocenters. The van der Waals surface area contributed by atoms with Crippen LogP contribution in [-0.4, -0.2) is 42.1 Å². The monoisotopic (exact) mass is 475 g/mol. The second kappa shape index (κ2) is 8.14. The van der Waals surface area contributed by atoms with Crippen LogP contribution in [0.3, 0.4) is 0 Å². The van der Waals surface area contributed by atoms with Crippen LogP contribution in [0.15, 0.2) is 42.5 Å². The lowest BCUT2D eigenvalue weighted by molar-refractivity contribution is -0.136. The molecule has 0 aromatic heterocycles. The number of halogens is 2. The van der Waals surface area contributed by atoms with Gasteiger partial charge in [0.05, 0.1) is 10.8 Å². The molecule has 0 saturated heterocycles. The molecule has 6 nitrogen and oxygen atoms in total. The van der Waals surface area contributed by atoms with Crippen molar-refractivity contribution in [1.82, 2.24) is 9.62 Å². The molecule has 0 bridgehead atoms. The van der Waals surface area contributed by atoms with E-state index < -0.39 is 33.2 Å². The van der Waals surface area contributed by atoms with E-state index in [0.29, 0.717) is 32.2 Å². The molecule has 3 aliphatic rings. The number of nitrogens with two attached hydrogens (primary N) is 1. The Morgan fingerprint density at radius 3 is 2.64 bits per heavy atom. The molecular formula is C24H27F2N3O3S. The fraction of sp³-hybridized carbons (Fsp3) is 0.458. The summed E-state index contributed by atoms with van der Waals surface area (Å²) in [6.45, 7) is 0.373. The molecule has 9 heteroatoms. The van der Waals surface area contributed by atoms with E-state index in [0.717, 1.165) is 29.3 Å². The van der Waals surface area contributed by atoms with Crippen LogP contribution < -0.4 is 10.5 Å². The normalized spacial score (nSPS) is 25.1. The first-order chi connectivity index (χ1) is 15.7. The first-order valence-corrected chi connectivity index (χ1v) is 12.8. The van der Waals surface area contributed by atoms with Crippen molar-refractivity contribution < 1.29 is 22.0 Å². The summed E-state index contributed by atoms with van der Waals surface area (Å²) in [5, 5.41) is -0.329. The molecule has 2 saturated carbocycles. The number of amides is 1. The van der Waals surface area contributed by atoms with Crippen molar-refractivity contribution in [3.05, 3.63) is 70.8 Å². The molecule has 176 valence electrons. The quantitative estimate of drug-likeness (QED) is 0.643. The number of carbonyl (C=O) groups is 1. The molecule has 5 rings (SSSR count). The Hall–Kier alpha value is -2.36. The van der Waals surface area contributed by atoms with E-state index in [1.54, 1.807) is 4.90 Å². The highest BCUT2D eigenvalue weighted by Crippen LogP contribution is 2.50. The molecule has 2 aliphatic carbocycles. The van der Waals surface area contributed by atoms with Crippen molar-refractivity contribution in [2.45, 2.75) is 67.9 Å². The van der Waals surface area contributed by atoms with Crippen molar-refractivity contribution in [1.29, 1.82) is 0 Å². The second-order valence-corrected chi connectivity index (χ2v) is 11.5. The number of rotatable bonds is 7. The van der Waals surface area contributed by atoms with Crippen molar-refractivity contribution in [2.24, 2.45) is 5.73 Å². The fourth-order valence-electron chi connectivity index (χ4n) is 4.98. The van der Waals surface area contributed by atoms with Gasteiger partial charge in [-0.15, -0.1) is 0 Å². The van der Waals surface area contributed by atoms with Gasteiger partial charge in [0, 0.05) is 25.0 Å². The van der Waals surface area contributed by atoms with E-state index >= 15 is 0 Å². The molecule has 1 spiro atoms. The van der Waals surface area contributed by atoms with Gasteiger partial charge in [0.15, 0.2) is 0 Å². The Morgan fingerprint density at radius 1 is 1.18 bits per heavy atom. The highest BCUT2D eigenvalue weighted by molar-refractivity contribution is 7.90. The minimum Gasteiger partial charge on any atom is -0.331 e. The van der Waals surface area contributed by atoms with Gasteiger partial charge in [-0.05, 0) is 67.0 Å². The zero-order valence-corrected chi connectivity index (χ0v) is 19.0. The van der Waals surface area contributed by atoms with E-state index in [2.05, 4.69) is 4.72 Å². The van der Waals surface area contributed by atoms with Crippen molar-refractivity contribution in [2.75, 3.05) is 0 Å². The van der Waals surface area contributed by atoms with E-state index in [-0.39, 0.29) is 35.6 Å². The smallest absolute Gasteiger partial charge is 0.224 e. The molecule has 1 aliphatic heterocycles. The summed E-state index contributed by atoms with van der Waals surface area (Å²) >= 11 is 0. The van der Waals surface area contributed by atoms with Crippen molar-refractivity contribution in [3.8, 4) is 0 Å². The molecule has 2 aromatic rings. The fourth-order valence-corrected chi connectivity index (χ4v) is 6.62. The lowest BCUT2D eigenvalue weighted by atomic mass is 9.91. The van der Waals surface area contributed by atoms with E-state index in [1.807, 2.05) is 24.3 Å². The number of fused-ring (bicyclic) bond motifs is 1. The third kappa shape index (κ3) is 4.41. The topological polar surface area (TPSA) is 92.5 Å². The van der Waals surface area contributed by atoms with Gasteiger partial charge in [0.1, 0.15) is 11.6 Å². The minimum absolute atomic E-state index is 0.0322. The summed E-state index contributed by atoms with van der Waals surface area (Å²) < 4.78 is 55.4. The number of carbonyl (C=O) groups excluding carboxylic acids is 1. The van der Waals surface area contributed by atoms with Crippen LogP contribution >= 0.6 is 0 Å². The van der Waals surface area contributed by atoms with Gasteiger partial charge < -0.3 is 10.6 Å². The van der Waals surface area contributed by atoms with E-state index in [9.17, 15) is 22.0 Å². The highest BCUT2D eigenvalue weighted by Gasteiger charge is 2.62. The van der Waals surface area contributed by atoms with Gasteiger partial charge in [-0.3, -0.25) is 4.79 Å². The molecule has 0 radical (unpaired) electrons. The Bertz CT molecular complexity index is 1200. The van der Waals surface area contributed by atoms with E-state index in [1.165, 1.54) is 0 Å². The Kier molecular flexibility index (Phi) is 5.54. The van der Waals surface area contributed by atoms with Crippen LogP contribution in [0.25, 0.3) is 0 Å². The highest BCUT2D eigenvalue weighted by atomic mass is 32.2. The van der Waals surface area contributed by atoms with Crippen LogP contribution in [0.5, 0.6) is 0 Å². The summed E-state index contributed by atoms with van der Waals surface area (Å²) in [4.78, 5) is 15.1. The van der Waals surface area contributed by atoms with Crippen LogP contribution in [0.1, 0.15) is 42.4 Å². The average Bonchev–Trinajstić information content (AvgIpc) is 3.68. The molecule has 2 aromatic carbocycles. The van der Waals surface area contributed by atoms with Crippen molar-refractivity contribution >= 4 is 15.9 Å². The molecule has 33 heavy (non-hydrogen) atoms. The molecule has 1 heterocycles. The standard InChI is InChI=1S/C24H27F2N3O3S/c25-18-5-8-21(26)17(9-18)10-19(27)11-23(30)29-14-16-4-2-1-3-15(16)12-24(29)13-22(24)28-33(31,32)20-6-7-20/h1-5,8-9,19-20,22,28H,6-7,10-14,27H2. The zero-order chi connectivity index (χ0) is 23.4. The van der Waals surface area contributed by atoms with Gasteiger partial charge in [-0.2, -0.15) is 0 Å². The molecule has 2 fully saturated rings. The first-order valence-electron chi connectivity index (χ1n) is 11.3. The average molecular weight is 476 g/mol. The number of sulfonamides is 1. The molecule has 1 amide bonds. The van der Waals surface area contributed by atoms with Gasteiger partial charge in [-0.1, -0.05) is 24.3 Å². The van der Waals surface area contributed by atoms with E-state index in [4.69, 9.17) is 5.73 Å². The zero-order valence-electron chi connectivity index (χ0n) is 18.1. The third-order valence-electron chi connectivity index (χ3n) is 7.02. The summed E-state index contributed by atoms with van der Waals surface area (Å²) in [6, 6.07) is 10.0. The number of benzene rings is 2. The van der Waals surface area contributed by atoms with Gasteiger partial charge in [0.2, 0.25) is 15.9 Å². The minimum atomic E-state index is -3.39. The maximum atomic E-state index is 14.0. The third-order valence-corrected chi connectivity index (χ3v) is 8.99. The molecule has 3 N–H and O–H groups in total.